The van der Waals surface area contributed by atoms with E-state index in [1.54, 1.807) is 0 Å². The predicted molar refractivity (Wildman–Crippen MR) is 67.7 cm³/mol. The van der Waals surface area contributed by atoms with Gasteiger partial charge in [0.1, 0.15) is 0 Å². The lowest BCUT2D eigenvalue weighted by Crippen LogP contribution is -2.67. The lowest BCUT2D eigenvalue weighted by molar-refractivity contribution is -0.303. The second-order valence-corrected chi connectivity index (χ2v) is 7.40. The molecular formula is C15H26O2. The van der Waals surface area contributed by atoms with Gasteiger partial charge in [0.05, 0.1) is 17.3 Å². The Balaban J connectivity index is 2.01. The molecule has 0 amide bonds. The molecule has 1 saturated heterocycles. The number of hydrogen-bond donors (Lipinski definition) is 1. The maximum absolute atomic E-state index is 10.7. The summed E-state index contributed by atoms with van der Waals surface area (Å²) in [6.45, 7) is 8.95. The van der Waals surface area contributed by atoms with Crippen LogP contribution in [-0.4, -0.2) is 22.4 Å². The molecule has 2 heteroatoms. The van der Waals surface area contributed by atoms with Gasteiger partial charge in [-0.05, 0) is 63.7 Å². The number of rotatable bonds is 0. The van der Waals surface area contributed by atoms with Crippen LogP contribution in [-0.2, 0) is 4.74 Å². The minimum absolute atomic E-state index is 0.0581. The Morgan fingerprint density at radius 3 is 2.53 bits per heavy atom. The number of aliphatic hydroxyl groups excluding tert-OH is 1. The molecule has 1 heterocycles. The highest BCUT2D eigenvalue weighted by Gasteiger charge is 2.61. The number of aliphatic hydroxyl groups is 1. The van der Waals surface area contributed by atoms with Crippen LogP contribution in [0.1, 0.15) is 53.4 Å². The molecule has 98 valence electrons. The summed E-state index contributed by atoms with van der Waals surface area (Å²) in [4.78, 5) is 0. The Morgan fingerprint density at radius 1 is 1.12 bits per heavy atom. The van der Waals surface area contributed by atoms with E-state index in [1.165, 1.54) is 19.3 Å². The van der Waals surface area contributed by atoms with E-state index >= 15 is 0 Å². The Kier molecular flexibility index (Phi) is 2.45. The van der Waals surface area contributed by atoms with Crippen molar-refractivity contribution in [1.29, 1.82) is 0 Å². The molecule has 3 aliphatic rings. The molecule has 1 aliphatic heterocycles. The molecule has 2 aliphatic carbocycles. The number of hydrogen-bond acceptors (Lipinski definition) is 2. The first-order chi connectivity index (χ1) is 7.85. The summed E-state index contributed by atoms with van der Waals surface area (Å²) in [5.74, 6) is 2.53. The van der Waals surface area contributed by atoms with Crippen molar-refractivity contribution in [1.82, 2.24) is 0 Å². The van der Waals surface area contributed by atoms with Crippen LogP contribution in [0.5, 0.6) is 0 Å². The van der Waals surface area contributed by atoms with Crippen molar-refractivity contribution in [2.75, 3.05) is 0 Å². The summed E-state index contributed by atoms with van der Waals surface area (Å²) in [6.07, 6.45) is 4.55. The lowest BCUT2D eigenvalue weighted by atomic mass is 9.52. The van der Waals surface area contributed by atoms with Crippen LogP contribution in [0, 0.1) is 23.7 Å². The minimum Gasteiger partial charge on any atom is -0.390 e. The van der Waals surface area contributed by atoms with Crippen LogP contribution in [0.3, 0.4) is 0 Å². The topological polar surface area (TPSA) is 29.5 Å². The zero-order chi connectivity index (χ0) is 12.4. The minimum atomic E-state index is -0.293. The third-order valence-corrected chi connectivity index (χ3v) is 5.98. The number of fused-ring (bicyclic) bond motifs is 1. The zero-order valence-electron chi connectivity index (χ0n) is 11.6. The SMILES string of the molecule is C[C@@H]1CC[C@@H]2[C@@H]3[C@H]1CC[C@](C)(OC2(C)C)[C@H]3O. The van der Waals surface area contributed by atoms with E-state index in [0.29, 0.717) is 11.8 Å². The van der Waals surface area contributed by atoms with Crippen molar-refractivity contribution in [2.45, 2.75) is 70.7 Å². The predicted octanol–water partition coefficient (Wildman–Crippen LogP) is 2.99. The molecule has 0 radical (unpaired) electrons. The highest BCUT2D eigenvalue weighted by Crippen LogP contribution is 2.58. The van der Waals surface area contributed by atoms with Gasteiger partial charge in [0, 0.05) is 0 Å². The second-order valence-electron chi connectivity index (χ2n) is 7.40. The molecule has 0 unspecified atom stereocenters. The Hall–Kier alpha value is -0.0800. The van der Waals surface area contributed by atoms with Crippen molar-refractivity contribution >= 4 is 0 Å². The summed E-state index contributed by atoms with van der Waals surface area (Å²) >= 11 is 0. The summed E-state index contributed by atoms with van der Waals surface area (Å²) in [6, 6.07) is 0. The van der Waals surface area contributed by atoms with Crippen LogP contribution in [0.2, 0.25) is 0 Å². The Morgan fingerprint density at radius 2 is 1.82 bits per heavy atom. The smallest absolute Gasteiger partial charge is 0.0922 e. The number of ether oxygens (including phenoxy) is 1. The van der Waals surface area contributed by atoms with Crippen molar-refractivity contribution in [2.24, 2.45) is 23.7 Å². The van der Waals surface area contributed by atoms with E-state index in [-0.39, 0.29) is 17.3 Å². The Bertz CT molecular complexity index is 323. The monoisotopic (exact) mass is 238 g/mol. The Labute approximate surface area is 105 Å². The second kappa shape index (κ2) is 3.48. The summed E-state index contributed by atoms with van der Waals surface area (Å²) in [5, 5.41) is 10.7. The van der Waals surface area contributed by atoms with Gasteiger partial charge in [-0.15, -0.1) is 0 Å². The largest absolute Gasteiger partial charge is 0.390 e. The molecule has 0 aromatic rings. The normalized spacial score (nSPS) is 56.6. The van der Waals surface area contributed by atoms with Crippen LogP contribution in [0.4, 0.5) is 0 Å². The summed E-state index contributed by atoms with van der Waals surface area (Å²) in [7, 11) is 0. The first-order valence-corrected chi connectivity index (χ1v) is 7.23. The van der Waals surface area contributed by atoms with E-state index in [1.807, 2.05) is 0 Å². The van der Waals surface area contributed by atoms with Crippen LogP contribution >= 0.6 is 0 Å². The van der Waals surface area contributed by atoms with Gasteiger partial charge < -0.3 is 9.84 Å². The van der Waals surface area contributed by atoms with Crippen molar-refractivity contribution < 1.29 is 9.84 Å². The fourth-order valence-electron chi connectivity index (χ4n) is 5.07. The van der Waals surface area contributed by atoms with Crippen LogP contribution < -0.4 is 0 Å². The molecule has 6 atom stereocenters. The highest BCUT2D eigenvalue weighted by atomic mass is 16.5. The van der Waals surface area contributed by atoms with Crippen LogP contribution in [0.15, 0.2) is 0 Å². The summed E-state index contributed by atoms with van der Waals surface area (Å²) < 4.78 is 6.32. The van der Waals surface area contributed by atoms with Gasteiger partial charge >= 0.3 is 0 Å². The van der Waals surface area contributed by atoms with E-state index in [0.717, 1.165) is 18.3 Å². The first-order valence-electron chi connectivity index (χ1n) is 7.23. The van der Waals surface area contributed by atoms with Gasteiger partial charge in [0.25, 0.3) is 0 Å². The molecule has 17 heavy (non-hydrogen) atoms. The maximum Gasteiger partial charge on any atom is 0.0922 e. The van der Waals surface area contributed by atoms with Gasteiger partial charge in [-0.1, -0.05) is 13.3 Å². The molecule has 0 aromatic carbocycles. The van der Waals surface area contributed by atoms with Gasteiger partial charge in [-0.2, -0.15) is 0 Å². The molecule has 3 fully saturated rings. The van der Waals surface area contributed by atoms with Crippen molar-refractivity contribution in [3.63, 3.8) is 0 Å². The van der Waals surface area contributed by atoms with Gasteiger partial charge in [-0.25, -0.2) is 0 Å². The van der Waals surface area contributed by atoms with E-state index in [9.17, 15) is 5.11 Å². The average Bonchev–Trinajstić information content (AvgIpc) is 2.22. The lowest BCUT2D eigenvalue weighted by Gasteiger charge is -2.63. The quantitative estimate of drug-likeness (QED) is 0.703. The molecule has 2 nitrogen and oxygen atoms in total. The van der Waals surface area contributed by atoms with E-state index < -0.39 is 0 Å². The fraction of sp³-hybridized carbons (Fsp3) is 1.00. The van der Waals surface area contributed by atoms with Gasteiger partial charge in [0.2, 0.25) is 0 Å². The third-order valence-electron chi connectivity index (χ3n) is 5.98. The van der Waals surface area contributed by atoms with Crippen molar-refractivity contribution in [3.05, 3.63) is 0 Å². The molecule has 2 bridgehead atoms. The standard InChI is InChI=1S/C15H26O2/c1-9-5-6-11-12-10(9)7-8-15(4,13(12)16)17-14(11,2)3/h9-13,16H,5-8H2,1-4H3/t9-,10+,11-,12+,13+,15+/m1/s1. The van der Waals surface area contributed by atoms with E-state index in [4.69, 9.17) is 4.74 Å². The van der Waals surface area contributed by atoms with E-state index in [2.05, 4.69) is 27.7 Å². The first kappa shape index (κ1) is 12.0. The van der Waals surface area contributed by atoms with Crippen LogP contribution in [0.25, 0.3) is 0 Å². The molecular weight excluding hydrogens is 212 g/mol. The fourth-order valence-corrected chi connectivity index (χ4v) is 5.07. The summed E-state index contributed by atoms with van der Waals surface area (Å²) in [5.41, 5.74) is -0.352. The molecule has 1 N–H and O–H groups in total. The molecule has 2 saturated carbocycles. The maximum atomic E-state index is 10.7. The van der Waals surface area contributed by atoms with Gasteiger partial charge in [0.15, 0.2) is 0 Å². The third kappa shape index (κ3) is 1.53. The average molecular weight is 238 g/mol. The van der Waals surface area contributed by atoms with Gasteiger partial charge in [-0.3, -0.25) is 0 Å². The van der Waals surface area contributed by atoms with Crippen molar-refractivity contribution in [3.8, 4) is 0 Å². The molecule has 0 spiro atoms. The molecule has 0 aromatic heterocycles. The highest BCUT2D eigenvalue weighted by molar-refractivity contribution is 5.09. The molecule has 3 rings (SSSR count). The zero-order valence-corrected chi connectivity index (χ0v) is 11.6.